The molecule has 2 N–H and O–H groups in total. The third-order valence-corrected chi connectivity index (χ3v) is 5.49. The number of primary amides is 1. The van der Waals surface area contributed by atoms with E-state index in [1.54, 1.807) is 10.9 Å². The SMILES string of the molecule is C[C@]1(C(=O)N2CC(n3cc(C(N)=O)nn3)C2)CCCc2ccccc21. The van der Waals surface area contributed by atoms with Crippen molar-refractivity contribution in [2.45, 2.75) is 37.6 Å². The Morgan fingerprint density at radius 2 is 2.04 bits per heavy atom. The molecule has 2 heterocycles. The molecule has 2 aromatic rings. The molecule has 1 aromatic carbocycles. The minimum Gasteiger partial charge on any atom is -0.364 e. The summed E-state index contributed by atoms with van der Waals surface area (Å²) in [6.07, 6.45) is 4.49. The maximum Gasteiger partial charge on any atom is 0.270 e. The van der Waals surface area contributed by atoms with Crippen LogP contribution in [0.2, 0.25) is 0 Å². The van der Waals surface area contributed by atoms with Crippen LogP contribution in [0.3, 0.4) is 0 Å². The highest BCUT2D eigenvalue weighted by atomic mass is 16.2. The Hall–Kier alpha value is -2.70. The van der Waals surface area contributed by atoms with Crippen molar-refractivity contribution in [1.82, 2.24) is 19.9 Å². The van der Waals surface area contributed by atoms with Gasteiger partial charge in [-0.15, -0.1) is 5.10 Å². The van der Waals surface area contributed by atoms with E-state index in [2.05, 4.69) is 29.4 Å². The van der Waals surface area contributed by atoms with E-state index in [1.165, 1.54) is 5.56 Å². The number of likely N-dealkylation sites (tertiary alicyclic amines) is 1. The fourth-order valence-electron chi connectivity index (χ4n) is 3.97. The van der Waals surface area contributed by atoms with E-state index in [0.717, 1.165) is 24.8 Å². The molecule has 2 aliphatic rings. The molecule has 7 heteroatoms. The van der Waals surface area contributed by atoms with Crippen LogP contribution in [-0.2, 0) is 16.6 Å². The van der Waals surface area contributed by atoms with Crippen molar-refractivity contribution in [2.24, 2.45) is 5.73 Å². The molecule has 0 unspecified atom stereocenters. The van der Waals surface area contributed by atoms with Crippen LogP contribution < -0.4 is 5.73 Å². The minimum absolute atomic E-state index is 0.0481. The zero-order valence-corrected chi connectivity index (χ0v) is 14.2. The summed E-state index contributed by atoms with van der Waals surface area (Å²) in [5.74, 6) is -0.420. The number of aryl methyl sites for hydroxylation is 1. The predicted octanol–water partition coefficient (Wildman–Crippen LogP) is 1.05. The zero-order chi connectivity index (χ0) is 17.6. The fourth-order valence-corrected chi connectivity index (χ4v) is 3.97. The molecule has 4 rings (SSSR count). The summed E-state index contributed by atoms with van der Waals surface area (Å²) in [4.78, 5) is 26.2. The smallest absolute Gasteiger partial charge is 0.270 e. The van der Waals surface area contributed by atoms with Crippen molar-refractivity contribution in [3.63, 3.8) is 0 Å². The van der Waals surface area contributed by atoms with Crippen LogP contribution in [0.4, 0.5) is 0 Å². The van der Waals surface area contributed by atoms with Crippen LogP contribution in [0.5, 0.6) is 0 Å². The number of carbonyl (C=O) groups excluding carboxylic acids is 2. The number of nitrogens with two attached hydrogens (primary N) is 1. The topological polar surface area (TPSA) is 94.1 Å². The summed E-state index contributed by atoms with van der Waals surface area (Å²) in [6.45, 7) is 3.22. The zero-order valence-electron chi connectivity index (χ0n) is 14.2. The predicted molar refractivity (Wildman–Crippen MR) is 90.9 cm³/mol. The first-order valence-corrected chi connectivity index (χ1v) is 8.58. The van der Waals surface area contributed by atoms with E-state index >= 15 is 0 Å². The third kappa shape index (κ3) is 2.50. The summed E-state index contributed by atoms with van der Waals surface area (Å²) in [5, 5.41) is 7.70. The lowest BCUT2D eigenvalue weighted by molar-refractivity contribution is -0.143. The molecular formula is C18H21N5O2. The van der Waals surface area contributed by atoms with E-state index in [0.29, 0.717) is 13.1 Å². The second kappa shape index (κ2) is 5.68. The molecule has 2 amide bonds. The van der Waals surface area contributed by atoms with Gasteiger partial charge in [-0.2, -0.15) is 0 Å². The number of nitrogens with zero attached hydrogens (tertiary/aromatic N) is 4. The molecule has 25 heavy (non-hydrogen) atoms. The van der Waals surface area contributed by atoms with E-state index < -0.39 is 11.3 Å². The molecule has 130 valence electrons. The minimum atomic E-state index is -0.593. The first-order valence-electron chi connectivity index (χ1n) is 8.58. The van der Waals surface area contributed by atoms with Crippen molar-refractivity contribution in [3.05, 3.63) is 47.3 Å². The first kappa shape index (κ1) is 15.8. The van der Waals surface area contributed by atoms with Crippen LogP contribution in [0.1, 0.15) is 47.4 Å². The summed E-state index contributed by atoms with van der Waals surface area (Å²) in [6, 6.07) is 8.30. The molecule has 0 bridgehead atoms. The number of amides is 2. The van der Waals surface area contributed by atoms with E-state index in [9.17, 15) is 9.59 Å². The van der Waals surface area contributed by atoms with Crippen LogP contribution in [-0.4, -0.2) is 44.8 Å². The molecule has 1 aliphatic heterocycles. The fraction of sp³-hybridized carbons (Fsp3) is 0.444. The van der Waals surface area contributed by atoms with Gasteiger partial charge in [-0.1, -0.05) is 29.5 Å². The van der Waals surface area contributed by atoms with Crippen molar-refractivity contribution in [1.29, 1.82) is 0 Å². The maximum atomic E-state index is 13.2. The van der Waals surface area contributed by atoms with E-state index in [4.69, 9.17) is 5.73 Å². The molecule has 0 spiro atoms. The second-order valence-corrected chi connectivity index (χ2v) is 7.15. The maximum absolute atomic E-state index is 13.2. The van der Waals surface area contributed by atoms with E-state index in [-0.39, 0.29) is 17.6 Å². The third-order valence-electron chi connectivity index (χ3n) is 5.49. The molecule has 1 aromatic heterocycles. The Balaban J connectivity index is 1.49. The Kier molecular flexibility index (Phi) is 3.59. The van der Waals surface area contributed by atoms with Gasteiger partial charge in [0, 0.05) is 13.1 Å². The van der Waals surface area contributed by atoms with Gasteiger partial charge in [0.1, 0.15) is 0 Å². The molecule has 1 atom stereocenters. The van der Waals surface area contributed by atoms with Gasteiger partial charge >= 0.3 is 0 Å². The van der Waals surface area contributed by atoms with Crippen molar-refractivity contribution in [2.75, 3.05) is 13.1 Å². The lowest BCUT2D eigenvalue weighted by atomic mass is 9.70. The summed E-state index contributed by atoms with van der Waals surface area (Å²) < 4.78 is 1.63. The van der Waals surface area contributed by atoms with Gasteiger partial charge in [-0.3, -0.25) is 9.59 Å². The summed E-state index contributed by atoms with van der Waals surface area (Å²) in [5.41, 5.74) is 7.34. The van der Waals surface area contributed by atoms with Gasteiger partial charge in [0.05, 0.1) is 17.7 Å². The molecule has 0 saturated carbocycles. The largest absolute Gasteiger partial charge is 0.364 e. The van der Waals surface area contributed by atoms with Gasteiger partial charge in [-0.25, -0.2) is 4.68 Å². The normalized spacial score (nSPS) is 23.0. The number of carbonyl (C=O) groups is 2. The highest BCUT2D eigenvalue weighted by Crippen LogP contribution is 2.40. The quantitative estimate of drug-likeness (QED) is 0.904. The number of hydrogen-bond acceptors (Lipinski definition) is 4. The highest BCUT2D eigenvalue weighted by molar-refractivity contribution is 5.90. The van der Waals surface area contributed by atoms with Crippen molar-refractivity contribution in [3.8, 4) is 0 Å². The van der Waals surface area contributed by atoms with Crippen molar-refractivity contribution < 1.29 is 9.59 Å². The van der Waals surface area contributed by atoms with Crippen LogP contribution >= 0.6 is 0 Å². The second-order valence-electron chi connectivity index (χ2n) is 7.15. The summed E-state index contributed by atoms with van der Waals surface area (Å²) >= 11 is 0. The standard InChI is InChI=1S/C18H21N5O2/c1-18(8-4-6-12-5-2-3-7-14(12)18)17(25)22-9-13(10-22)23-11-15(16(19)24)20-21-23/h2-3,5,7,11,13H,4,6,8-10H2,1H3,(H2,19,24)/t18-/m0/s1. The van der Waals surface area contributed by atoms with Gasteiger partial charge in [-0.05, 0) is 37.3 Å². The lowest BCUT2D eigenvalue weighted by Crippen LogP contribution is -2.57. The van der Waals surface area contributed by atoms with Crippen LogP contribution in [0, 0.1) is 0 Å². The Morgan fingerprint density at radius 1 is 1.28 bits per heavy atom. The number of hydrogen-bond donors (Lipinski definition) is 1. The molecule has 1 aliphatic carbocycles. The molecular weight excluding hydrogens is 318 g/mol. The van der Waals surface area contributed by atoms with Gasteiger partial charge in [0.2, 0.25) is 5.91 Å². The average molecular weight is 339 g/mol. The Morgan fingerprint density at radius 3 is 2.76 bits per heavy atom. The molecule has 0 radical (unpaired) electrons. The van der Waals surface area contributed by atoms with Crippen LogP contribution in [0.25, 0.3) is 0 Å². The monoisotopic (exact) mass is 339 g/mol. The van der Waals surface area contributed by atoms with E-state index in [1.807, 2.05) is 17.0 Å². The Labute approximate surface area is 145 Å². The highest BCUT2D eigenvalue weighted by Gasteiger charge is 2.45. The number of aromatic nitrogens is 3. The van der Waals surface area contributed by atoms with Crippen molar-refractivity contribution >= 4 is 11.8 Å². The molecule has 1 fully saturated rings. The van der Waals surface area contributed by atoms with Gasteiger partial charge < -0.3 is 10.6 Å². The summed E-state index contributed by atoms with van der Waals surface area (Å²) in [7, 11) is 0. The van der Waals surface area contributed by atoms with Gasteiger partial charge in [0.15, 0.2) is 5.69 Å². The first-order chi connectivity index (χ1) is 12.0. The number of benzene rings is 1. The van der Waals surface area contributed by atoms with Gasteiger partial charge in [0.25, 0.3) is 5.91 Å². The van der Waals surface area contributed by atoms with Crippen LogP contribution in [0.15, 0.2) is 30.5 Å². The molecule has 1 saturated heterocycles. The molecule has 7 nitrogen and oxygen atoms in total. The average Bonchev–Trinajstić information content (AvgIpc) is 3.04. The Bertz CT molecular complexity index is 839. The number of fused-ring (bicyclic) bond motifs is 1. The number of rotatable bonds is 3. The lowest BCUT2D eigenvalue weighted by Gasteiger charge is -2.45.